The summed E-state index contributed by atoms with van der Waals surface area (Å²) in [5.41, 5.74) is 1.24. The van der Waals surface area contributed by atoms with Crippen LogP contribution in [0.5, 0.6) is 0 Å². The van der Waals surface area contributed by atoms with Gasteiger partial charge in [-0.25, -0.2) is 4.68 Å². The van der Waals surface area contributed by atoms with E-state index in [0.717, 1.165) is 31.4 Å². The van der Waals surface area contributed by atoms with Crippen LogP contribution in [0.2, 0.25) is 0 Å². The van der Waals surface area contributed by atoms with Crippen molar-refractivity contribution < 1.29 is 4.79 Å². The van der Waals surface area contributed by atoms with Gasteiger partial charge in [0, 0.05) is 6.20 Å². The van der Waals surface area contributed by atoms with Crippen LogP contribution in [0.15, 0.2) is 23.5 Å². The summed E-state index contributed by atoms with van der Waals surface area (Å²) in [7, 11) is 0. The molecule has 2 heterocycles. The topological polar surface area (TPSA) is 101 Å². The van der Waals surface area contributed by atoms with Gasteiger partial charge in [-0.2, -0.15) is 5.10 Å². The van der Waals surface area contributed by atoms with E-state index in [1.165, 1.54) is 19.3 Å². The summed E-state index contributed by atoms with van der Waals surface area (Å²) in [5, 5.41) is 18.5. The van der Waals surface area contributed by atoms with E-state index in [2.05, 4.69) is 37.5 Å². The van der Waals surface area contributed by atoms with Crippen LogP contribution in [0.3, 0.4) is 0 Å². The minimum absolute atomic E-state index is 0.0580. The number of aromatic amines is 1. The van der Waals surface area contributed by atoms with Crippen molar-refractivity contribution in [3.8, 4) is 0 Å². The van der Waals surface area contributed by atoms with Crippen molar-refractivity contribution in [2.45, 2.75) is 56.5 Å². The van der Waals surface area contributed by atoms with Gasteiger partial charge in [0.1, 0.15) is 11.4 Å². The quantitative estimate of drug-likeness (QED) is 0.744. The molecule has 2 aromatic heterocycles. The first kappa shape index (κ1) is 16.9. The maximum atomic E-state index is 12.6. The number of nitrogens with one attached hydrogen (secondary N) is 2. The van der Waals surface area contributed by atoms with Gasteiger partial charge in [0.2, 0.25) is 0 Å². The Kier molecular flexibility index (Phi) is 4.57. The number of hydrogen-bond acceptors (Lipinski definition) is 5. The molecule has 1 atom stereocenters. The molecule has 2 aliphatic carbocycles. The van der Waals surface area contributed by atoms with Crippen molar-refractivity contribution in [3.63, 3.8) is 0 Å². The number of carbonyl (C=O) groups excluding carboxylic acids is 1. The number of aromatic nitrogens is 5. The molecule has 138 valence electrons. The second-order valence-electron chi connectivity index (χ2n) is 7.51. The van der Waals surface area contributed by atoms with Crippen LogP contribution < -0.4 is 5.32 Å². The number of aliphatic imine (C=N–C) groups is 1. The van der Waals surface area contributed by atoms with Crippen LogP contribution in [0.25, 0.3) is 0 Å². The van der Waals surface area contributed by atoms with E-state index in [4.69, 9.17) is 0 Å². The van der Waals surface area contributed by atoms with E-state index in [9.17, 15) is 4.79 Å². The van der Waals surface area contributed by atoms with Crippen molar-refractivity contribution in [2.75, 3.05) is 6.54 Å². The Bertz CT molecular complexity index is 756. The van der Waals surface area contributed by atoms with E-state index in [0.29, 0.717) is 18.2 Å². The normalized spacial score (nSPS) is 20.5. The summed E-state index contributed by atoms with van der Waals surface area (Å²) in [6, 6.07) is 1.55. The fraction of sp³-hybridized carbons (Fsp3) is 0.611. The molecule has 0 aromatic carbocycles. The molecule has 4 rings (SSSR count). The molecule has 2 aliphatic rings. The van der Waals surface area contributed by atoms with Crippen molar-refractivity contribution >= 4 is 12.6 Å². The highest BCUT2D eigenvalue weighted by molar-refractivity contribution is 5.92. The monoisotopic (exact) mass is 355 g/mol. The Hall–Kier alpha value is -2.51. The Morgan fingerprint density at radius 3 is 2.88 bits per heavy atom. The fourth-order valence-corrected chi connectivity index (χ4v) is 3.97. The lowest BCUT2D eigenvalue weighted by Gasteiger charge is -2.29. The molecular formula is C18H25N7O. The number of H-pyrrole nitrogens is 1. The SMILES string of the molecule is C=NCC1(n2cc(C(NC(=O)c3ccn[nH]3)C3CCCCC3)nn2)CC1. The molecule has 1 amide bonds. The molecule has 8 heteroatoms. The van der Waals surface area contributed by atoms with E-state index in [-0.39, 0.29) is 17.5 Å². The van der Waals surface area contributed by atoms with Crippen LogP contribution in [0, 0.1) is 5.92 Å². The van der Waals surface area contributed by atoms with E-state index < -0.39 is 0 Å². The highest BCUT2D eigenvalue weighted by Gasteiger charge is 2.46. The van der Waals surface area contributed by atoms with Crippen molar-refractivity contribution in [3.05, 3.63) is 29.8 Å². The zero-order chi connectivity index (χ0) is 18.0. The van der Waals surface area contributed by atoms with Crippen molar-refractivity contribution in [2.24, 2.45) is 10.9 Å². The van der Waals surface area contributed by atoms with Crippen LogP contribution in [-0.2, 0) is 5.54 Å². The predicted octanol–water partition coefficient (Wildman–Crippen LogP) is 2.24. The van der Waals surface area contributed by atoms with E-state index in [1.54, 1.807) is 12.3 Å². The minimum Gasteiger partial charge on any atom is -0.342 e. The van der Waals surface area contributed by atoms with Crippen molar-refractivity contribution in [1.82, 2.24) is 30.5 Å². The van der Waals surface area contributed by atoms with Gasteiger partial charge in [0.15, 0.2) is 0 Å². The minimum atomic E-state index is -0.151. The fourth-order valence-electron chi connectivity index (χ4n) is 3.97. The first-order valence-electron chi connectivity index (χ1n) is 9.37. The van der Waals surface area contributed by atoms with Gasteiger partial charge in [-0.1, -0.05) is 24.5 Å². The Labute approximate surface area is 152 Å². The molecule has 8 nitrogen and oxygen atoms in total. The standard InChI is InChI=1S/C18H25N7O/c1-19-12-18(8-9-18)25-11-15(23-24-25)16(13-5-3-2-4-6-13)21-17(26)14-7-10-20-22-14/h7,10-11,13,16H,1-6,8-9,12H2,(H,20,22)(H,21,26). The average Bonchev–Trinajstić information content (AvgIpc) is 3.08. The molecule has 1 unspecified atom stereocenters. The summed E-state index contributed by atoms with van der Waals surface area (Å²) in [5.74, 6) is 0.231. The summed E-state index contributed by atoms with van der Waals surface area (Å²) in [6.07, 6.45) is 11.5. The zero-order valence-corrected chi connectivity index (χ0v) is 14.9. The lowest BCUT2D eigenvalue weighted by Crippen LogP contribution is -2.35. The average molecular weight is 355 g/mol. The summed E-state index contributed by atoms with van der Waals surface area (Å²) in [6.45, 7) is 4.27. The second kappa shape index (κ2) is 7.01. The van der Waals surface area contributed by atoms with Crippen molar-refractivity contribution in [1.29, 1.82) is 0 Å². The summed E-state index contributed by atoms with van der Waals surface area (Å²) in [4.78, 5) is 16.6. The molecule has 0 bridgehead atoms. The number of hydrogen-bond donors (Lipinski definition) is 2. The largest absolute Gasteiger partial charge is 0.342 e. The number of amides is 1. The van der Waals surface area contributed by atoms with E-state index >= 15 is 0 Å². The van der Waals surface area contributed by atoms with E-state index in [1.807, 2.05) is 10.9 Å². The molecule has 2 saturated carbocycles. The molecule has 2 fully saturated rings. The van der Waals surface area contributed by atoms with Gasteiger partial charge >= 0.3 is 0 Å². The Balaban J connectivity index is 1.57. The maximum Gasteiger partial charge on any atom is 0.269 e. The summed E-state index contributed by atoms with van der Waals surface area (Å²) >= 11 is 0. The third-order valence-corrected chi connectivity index (χ3v) is 5.70. The van der Waals surface area contributed by atoms with Crippen LogP contribution in [0.1, 0.15) is 67.2 Å². The summed E-state index contributed by atoms with van der Waals surface area (Å²) < 4.78 is 1.93. The van der Waals surface area contributed by atoms with Gasteiger partial charge in [0.25, 0.3) is 5.91 Å². The first-order chi connectivity index (χ1) is 12.7. The maximum absolute atomic E-state index is 12.6. The second-order valence-corrected chi connectivity index (χ2v) is 7.51. The number of rotatable bonds is 7. The third kappa shape index (κ3) is 3.27. The Morgan fingerprint density at radius 2 is 2.23 bits per heavy atom. The van der Waals surface area contributed by atoms with Gasteiger partial charge in [-0.3, -0.25) is 14.9 Å². The molecule has 0 saturated heterocycles. The van der Waals surface area contributed by atoms with Gasteiger partial charge in [-0.15, -0.1) is 5.10 Å². The van der Waals surface area contributed by atoms with Gasteiger partial charge in [-0.05, 0) is 44.4 Å². The van der Waals surface area contributed by atoms with Gasteiger partial charge < -0.3 is 5.32 Å². The Morgan fingerprint density at radius 1 is 1.42 bits per heavy atom. The van der Waals surface area contributed by atoms with Crippen LogP contribution in [0.4, 0.5) is 0 Å². The first-order valence-corrected chi connectivity index (χ1v) is 9.37. The zero-order valence-electron chi connectivity index (χ0n) is 14.9. The molecule has 2 aromatic rings. The number of nitrogens with zero attached hydrogens (tertiary/aromatic N) is 5. The molecule has 0 spiro atoms. The smallest absolute Gasteiger partial charge is 0.269 e. The molecule has 0 radical (unpaired) electrons. The van der Waals surface area contributed by atoms with Gasteiger partial charge in [0.05, 0.1) is 24.3 Å². The lowest BCUT2D eigenvalue weighted by atomic mass is 9.82. The predicted molar refractivity (Wildman–Crippen MR) is 97.0 cm³/mol. The highest BCUT2D eigenvalue weighted by atomic mass is 16.2. The van der Waals surface area contributed by atoms with Crippen LogP contribution >= 0.6 is 0 Å². The molecule has 2 N–H and O–H groups in total. The molecule has 0 aliphatic heterocycles. The number of carbonyl (C=O) groups is 1. The third-order valence-electron chi connectivity index (χ3n) is 5.70. The lowest BCUT2D eigenvalue weighted by molar-refractivity contribution is 0.0905. The molecule has 26 heavy (non-hydrogen) atoms. The van der Waals surface area contributed by atoms with Crippen LogP contribution in [-0.4, -0.2) is 44.4 Å². The highest BCUT2D eigenvalue weighted by Crippen LogP contribution is 2.43. The molecular weight excluding hydrogens is 330 g/mol.